The van der Waals surface area contributed by atoms with Gasteiger partial charge in [0, 0.05) is 17.6 Å². The van der Waals surface area contributed by atoms with E-state index in [0.717, 1.165) is 5.69 Å². The Morgan fingerprint density at radius 3 is 2.70 bits per heavy atom. The van der Waals surface area contributed by atoms with Crippen LogP contribution in [0.2, 0.25) is 0 Å². The molecular weight excluding hydrogens is 322 g/mol. The standard InChI is InChI=1S/C8H11N5S2.CH4O3S/c9-2-1-3-15-7(13-8(10)11)6-4-14-5-12-6;1-5(2,3)4/h4-5,7H,1,3H2,(H4,10,11,13);1H3,(H,2,3,4). The van der Waals surface area contributed by atoms with Gasteiger partial charge in [-0.15, -0.1) is 23.1 Å². The lowest BCUT2D eigenvalue weighted by atomic mass is 10.5. The summed E-state index contributed by atoms with van der Waals surface area (Å²) in [6.45, 7) is 0. The molecule has 1 aromatic rings. The second-order valence-electron chi connectivity index (χ2n) is 3.33. The summed E-state index contributed by atoms with van der Waals surface area (Å²) >= 11 is 3.00. The van der Waals surface area contributed by atoms with Gasteiger partial charge in [0.2, 0.25) is 0 Å². The zero-order chi connectivity index (χ0) is 15.6. The first-order chi connectivity index (χ1) is 9.24. The van der Waals surface area contributed by atoms with Crippen LogP contribution in [-0.2, 0) is 10.1 Å². The number of hydrogen-bond acceptors (Lipinski definition) is 7. The summed E-state index contributed by atoms with van der Waals surface area (Å²) in [5.41, 5.74) is 13.2. The molecule has 0 amide bonds. The quantitative estimate of drug-likeness (QED) is 0.304. The highest BCUT2D eigenvalue weighted by atomic mass is 32.2. The SMILES string of the molecule is CS(=O)(=O)O.N#CCCSC(N=C(N)N)c1cscn1. The van der Waals surface area contributed by atoms with Crippen LogP contribution in [0.3, 0.4) is 0 Å². The van der Waals surface area contributed by atoms with Crippen LogP contribution in [-0.4, -0.2) is 35.9 Å². The van der Waals surface area contributed by atoms with Crippen LogP contribution in [0.5, 0.6) is 0 Å². The van der Waals surface area contributed by atoms with Crippen LogP contribution in [0.15, 0.2) is 15.9 Å². The fourth-order valence-electron chi connectivity index (χ4n) is 0.884. The third-order valence-corrected chi connectivity index (χ3v) is 3.17. The Bertz CT molecular complexity index is 538. The van der Waals surface area contributed by atoms with E-state index in [-0.39, 0.29) is 11.3 Å². The van der Waals surface area contributed by atoms with Gasteiger partial charge in [-0.3, -0.25) is 4.55 Å². The van der Waals surface area contributed by atoms with E-state index in [2.05, 4.69) is 16.0 Å². The summed E-state index contributed by atoms with van der Waals surface area (Å²) in [6.07, 6.45) is 1.19. The number of aromatic nitrogens is 1. The predicted molar refractivity (Wildman–Crippen MR) is 80.8 cm³/mol. The Balaban J connectivity index is 0.000000621. The zero-order valence-corrected chi connectivity index (χ0v) is 13.1. The second-order valence-corrected chi connectivity index (χ2v) is 6.70. The topological polar surface area (TPSA) is 155 Å². The van der Waals surface area contributed by atoms with Gasteiger partial charge in [-0.1, -0.05) is 0 Å². The highest BCUT2D eigenvalue weighted by Crippen LogP contribution is 2.29. The molecule has 0 radical (unpaired) electrons. The fourth-order valence-corrected chi connectivity index (χ4v) is 2.47. The molecule has 0 fully saturated rings. The molecule has 1 unspecified atom stereocenters. The Morgan fingerprint density at radius 1 is 1.70 bits per heavy atom. The van der Waals surface area contributed by atoms with Crippen molar-refractivity contribution in [1.82, 2.24) is 4.98 Å². The summed E-state index contributed by atoms with van der Waals surface area (Å²) in [4.78, 5) is 8.21. The Hall–Kier alpha value is -1.35. The number of nitriles is 1. The third kappa shape index (κ3) is 11.7. The molecule has 1 aromatic heterocycles. The monoisotopic (exact) mass is 337 g/mol. The molecular formula is C9H15N5O3S3. The Labute approximate surface area is 125 Å². The minimum Gasteiger partial charge on any atom is -0.370 e. The van der Waals surface area contributed by atoms with E-state index in [1.54, 1.807) is 5.51 Å². The minimum atomic E-state index is -3.67. The maximum atomic E-state index is 9.19. The van der Waals surface area contributed by atoms with Gasteiger partial charge in [-0.05, 0) is 0 Å². The van der Waals surface area contributed by atoms with Crippen molar-refractivity contribution in [3.63, 3.8) is 0 Å². The van der Waals surface area contributed by atoms with Crippen molar-refractivity contribution in [3.8, 4) is 6.07 Å². The molecule has 5 N–H and O–H groups in total. The number of thiazole rings is 1. The summed E-state index contributed by atoms with van der Waals surface area (Å²) < 4.78 is 25.9. The van der Waals surface area contributed by atoms with Crippen molar-refractivity contribution < 1.29 is 13.0 Å². The molecule has 0 aliphatic carbocycles. The molecule has 11 heteroatoms. The summed E-state index contributed by atoms with van der Waals surface area (Å²) in [5, 5.41) is 10.1. The molecule has 0 saturated carbocycles. The number of thioether (sulfide) groups is 1. The number of nitrogens with zero attached hydrogens (tertiary/aromatic N) is 3. The number of rotatable bonds is 5. The molecule has 1 atom stereocenters. The molecule has 1 rings (SSSR count). The van der Waals surface area contributed by atoms with Crippen molar-refractivity contribution in [2.24, 2.45) is 16.5 Å². The number of nitrogens with two attached hydrogens (primary N) is 2. The minimum absolute atomic E-state index is 0.0393. The number of aliphatic imine (C=N–C) groups is 1. The lowest BCUT2D eigenvalue weighted by Gasteiger charge is -2.08. The molecule has 8 nitrogen and oxygen atoms in total. The summed E-state index contributed by atoms with van der Waals surface area (Å²) in [6, 6.07) is 2.07. The van der Waals surface area contributed by atoms with Crippen LogP contribution in [0, 0.1) is 11.3 Å². The average Bonchev–Trinajstić information content (AvgIpc) is 2.78. The van der Waals surface area contributed by atoms with Gasteiger partial charge in [0.15, 0.2) is 5.96 Å². The van der Waals surface area contributed by atoms with Crippen molar-refractivity contribution in [3.05, 3.63) is 16.6 Å². The zero-order valence-electron chi connectivity index (χ0n) is 10.6. The first-order valence-electron chi connectivity index (χ1n) is 5.12. The molecule has 0 saturated heterocycles. The Morgan fingerprint density at radius 2 is 2.30 bits per heavy atom. The van der Waals surface area contributed by atoms with E-state index in [1.165, 1.54) is 23.1 Å². The maximum absolute atomic E-state index is 9.19. The van der Waals surface area contributed by atoms with Crippen molar-refractivity contribution in [1.29, 1.82) is 5.26 Å². The highest BCUT2D eigenvalue weighted by molar-refractivity contribution is 7.99. The molecule has 112 valence electrons. The van der Waals surface area contributed by atoms with Gasteiger partial charge < -0.3 is 11.5 Å². The van der Waals surface area contributed by atoms with Gasteiger partial charge in [0.25, 0.3) is 10.1 Å². The predicted octanol–water partition coefficient (Wildman–Crippen LogP) is 0.566. The lowest BCUT2D eigenvalue weighted by molar-refractivity contribution is 0.490. The van der Waals surface area contributed by atoms with Crippen molar-refractivity contribution in [2.45, 2.75) is 11.8 Å². The van der Waals surface area contributed by atoms with Gasteiger partial charge in [-0.2, -0.15) is 13.7 Å². The van der Waals surface area contributed by atoms with E-state index < -0.39 is 10.1 Å². The van der Waals surface area contributed by atoms with Crippen molar-refractivity contribution in [2.75, 3.05) is 12.0 Å². The van der Waals surface area contributed by atoms with Crippen molar-refractivity contribution >= 4 is 39.2 Å². The second kappa shape index (κ2) is 9.54. The normalized spacial score (nSPS) is 11.7. The van der Waals surface area contributed by atoms with Gasteiger partial charge in [0.05, 0.1) is 23.5 Å². The maximum Gasteiger partial charge on any atom is 0.261 e. The molecule has 0 bridgehead atoms. The van der Waals surface area contributed by atoms with E-state index in [1.807, 2.05) is 5.38 Å². The third-order valence-electron chi connectivity index (χ3n) is 1.46. The van der Waals surface area contributed by atoms with E-state index in [9.17, 15) is 8.42 Å². The first-order valence-corrected chi connectivity index (χ1v) is 8.96. The largest absolute Gasteiger partial charge is 0.370 e. The first kappa shape index (κ1) is 18.7. The van der Waals surface area contributed by atoms with Crippen LogP contribution < -0.4 is 11.5 Å². The lowest BCUT2D eigenvalue weighted by Crippen LogP contribution is -2.23. The summed E-state index contributed by atoms with van der Waals surface area (Å²) in [5.74, 6) is 0.729. The smallest absolute Gasteiger partial charge is 0.261 e. The fraction of sp³-hybridized carbons (Fsp3) is 0.444. The van der Waals surface area contributed by atoms with Crippen LogP contribution in [0.25, 0.3) is 0 Å². The van der Waals surface area contributed by atoms with E-state index in [4.69, 9.17) is 21.3 Å². The molecule has 1 heterocycles. The molecule has 0 aliphatic heterocycles. The number of guanidine groups is 1. The number of hydrogen-bond donors (Lipinski definition) is 3. The summed E-state index contributed by atoms with van der Waals surface area (Å²) in [7, 11) is -3.67. The van der Waals surface area contributed by atoms with Gasteiger partial charge in [-0.25, -0.2) is 9.98 Å². The highest BCUT2D eigenvalue weighted by Gasteiger charge is 2.12. The van der Waals surface area contributed by atoms with Gasteiger partial charge >= 0.3 is 0 Å². The molecule has 0 spiro atoms. The van der Waals surface area contributed by atoms with E-state index in [0.29, 0.717) is 18.4 Å². The van der Waals surface area contributed by atoms with Crippen LogP contribution >= 0.6 is 23.1 Å². The average molecular weight is 337 g/mol. The van der Waals surface area contributed by atoms with E-state index >= 15 is 0 Å². The Kier molecular flexibility index (Phi) is 8.89. The van der Waals surface area contributed by atoms with Gasteiger partial charge in [0.1, 0.15) is 5.37 Å². The van der Waals surface area contributed by atoms with Crippen LogP contribution in [0.4, 0.5) is 0 Å². The van der Waals surface area contributed by atoms with Crippen LogP contribution in [0.1, 0.15) is 17.5 Å². The molecule has 0 aliphatic rings. The molecule has 20 heavy (non-hydrogen) atoms. The molecule has 0 aromatic carbocycles.